The molecule has 0 aliphatic carbocycles. The summed E-state index contributed by atoms with van der Waals surface area (Å²) in [4.78, 5) is 21.5. The molecular weight excluding hydrogens is 425 g/mol. The normalized spacial score (nSPS) is 13.4. The largest absolute Gasteiger partial charge is 0.573 e. The van der Waals surface area contributed by atoms with Gasteiger partial charge in [0.05, 0.1) is 5.56 Å². The Balaban J connectivity index is 1.86. The zero-order valence-electron chi connectivity index (χ0n) is 17.9. The van der Waals surface area contributed by atoms with Gasteiger partial charge < -0.3 is 14.6 Å². The number of ether oxygens (including phenoxy) is 1. The number of alkyl halides is 3. The number of pyridine rings is 1. The predicted octanol–water partition coefficient (Wildman–Crippen LogP) is 5.17. The van der Waals surface area contributed by atoms with Gasteiger partial charge in [-0.05, 0) is 56.2 Å². The van der Waals surface area contributed by atoms with Crippen LogP contribution in [0.15, 0.2) is 47.1 Å². The first-order valence-electron chi connectivity index (χ1n) is 10.1. The third-order valence-corrected chi connectivity index (χ3v) is 4.99. The second-order valence-electron chi connectivity index (χ2n) is 7.32. The van der Waals surface area contributed by atoms with Crippen molar-refractivity contribution < 1.29 is 27.2 Å². The van der Waals surface area contributed by atoms with Crippen molar-refractivity contribution in [1.82, 2.24) is 20.4 Å². The Morgan fingerprint density at radius 3 is 2.41 bits per heavy atom. The molecule has 0 fully saturated rings. The molecule has 3 rings (SSSR count). The summed E-state index contributed by atoms with van der Waals surface area (Å²) < 4.78 is 46.4. The summed E-state index contributed by atoms with van der Waals surface area (Å²) in [5.74, 6) is -0.251. The number of aromatic nitrogens is 3. The van der Waals surface area contributed by atoms with Crippen molar-refractivity contribution in [2.75, 3.05) is 0 Å². The van der Waals surface area contributed by atoms with Crippen molar-refractivity contribution in [1.29, 1.82) is 0 Å². The van der Waals surface area contributed by atoms with Crippen LogP contribution in [0.4, 0.5) is 13.2 Å². The summed E-state index contributed by atoms with van der Waals surface area (Å²) in [6, 6.07) is 8.58. The second-order valence-corrected chi connectivity index (χ2v) is 7.32. The highest BCUT2D eigenvalue weighted by atomic mass is 19.4. The van der Waals surface area contributed by atoms with E-state index in [9.17, 15) is 18.0 Å². The molecular formula is C22H23F3N4O3. The maximum Gasteiger partial charge on any atom is 0.573 e. The Morgan fingerprint density at radius 2 is 1.84 bits per heavy atom. The number of carbonyl (C=O) groups excluding carboxylic acids is 1. The van der Waals surface area contributed by atoms with Crippen molar-refractivity contribution in [2.24, 2.45) is 0 Å². The summed E-state index contributed by atoms with van der Waals surface area (Å²) in [7, 11) is 0. The van der Waals surface area contributed by atoms with Gasteiger partial charge in [0.15, 0.2) is 0 Å². The van der Waals surface area contributed by atoms with E-state index in [4.69, 9.17) is 4.52 Å². The number of amides is 1. The average molecular weight is 448 g/mol. The molecule has 10 heteroatoms. The van der Waals surface area contributed by atoms with E-state index in [1.54, 1.807) is 12.1 Å². The Bertz CT molecular complexity index is 1050. The number of hydrogen-bond donors (Lipinski definition) is 1. The van der Waals surface area contributed by atoms with E-state index in [1.165, 1.54) is 30.5 Å². The van der Waals surface area contributed by atoms with Gasteiger partial charge in [0.2, 0.25) is 5.82 Å². The lowest BCUT2D eigenvalue weighted by molar-refractivity contribution is -0.274. The summed E-state index contributed by atoms with van der Waals surface area (Å²) in [6.07, 6.45) is -1.49. The van der Waals surface area contributed by atoms with Crippen LogP contribution in [-0.4, -0.2) is 27.4 Å². The Hall–Kier alpha value is -3.43. The Labute approximate surface area is 183 Å². The van der Waals surface area contributed by atoms with Gasteiger partial charge in [0.25, 0.3) is 11.8 Å². The fourth-order valence-corrected chi connectivity index (χ4v) is 3.30. The van der Waals surface area contributed by atoms with Crippen LogP contribution in [0.2, 0.25) is 0 Å². The topological polar surface area (TPSA) is 90.1 Å². The molecule has 0 saturated carbocycles. The van der Waals surface area contributed by atoms with Crippen LogP contribution < -0.4 is 10.1 Å². The van der Waals surface area contributed by atoms with Crippen LogP contribution in [0, 0.1) is 6.92 Å². The zero-order valence-corrected chi connectivity index (χ0v) is 17.9. The zero-order chi connectivity index (χ0) is 23.4. The smallest absolute Gasteiger partial charge is 0.406 e. The van der Waals surface area contributed by atoms with Gasteiger partial charge in [-0.1, -0.05) is 25.4 Å². The number of aryl methyl sites for hydroxylation is 1. The van der Waals surface area contributed by atoms with Crippen molar-refractivity contribution in [3.05, 3.63) is 59.7 Å². The van der Waals surface area contributed by atoms with Crippen LogP contribution in [0.5, 0.6) is 5.75 Å². The Morgan fingerprint density at radius 1 is 1.12 bits per heavy atom. The molecule has 0 aliphatic heterocycles. The molecule has 0 aliphatic rings. The lowest BCUT2D eigenvalue weighted by Crippen LogP contribution is -2.45. The van der Waals surface area contributed by atoms with E-state index in [2.05, 4.69) is 25.2 Å². The first-order valence-corrected chi connectivity index (χ1v) is 10.1. The molecule has 1 atom stereocenters. The predicted molar refractivity (Wildman–Crippen MR) is 110 cm³/mol. The maximum absolute atomic E-state index is 12.9. The van der Waals surface area contributed by atoms with Gasteiger partial charge in [0.1, 0.15) is 11.3 Å². The number of benzene rings is 1. The maximum atomic E-state index is 12.9. The van der Waals surface area contributed by atoms with Crippen LogP contribution in [0.1, 0.15) is 55.1 Å². The highest BCUT2D eigenvalue weighted by molar-refractivity contribution is 5.94. The standard InChI is InChI=1S/C22H23F3N4O3/c1-4-12-21(5-2,28-19(30)16-7-6-14(3)26-13-16)20-27-18(29-32-20)15-8-10-17(11-9-15)31-22(23,24)25/h6-11,13H,4-5,12H2,1-3H3,(H,28,30). The number of nitrogens with zero attached hydrogens (tertiary/aromatic N) is 3. The van der Waals surface area contributed by atoms with E-state index in [1.807, 2.05) is 20.8 Å². The number of halogens is 3. The van der Waals surface area contributed by atoms with Crippen molar-refractivity contribution in [2.45, 2.75) is 51.9 Å². The van der Waals surface area contributed by atoms with Crippen LogP contribution in [-0.2, 0) is 5.54 Å². The van der Waals surface area contributed by atoms with Gasteiger partial charge in [-0.15, -0.1) is 13.2 Å². The molecule has 1 unspecified atom stereocenters. The quantitative estimate of drug-likeness (QED) is 0.511. The van der Waals surface area contributed by atoms with Gasteiger partial charge in [-0.25, -0.2) is 0 Å². The minimum atomic E-state index is -4.77. The molecule has 170 valence electrons. The Kier molecular flexibility index (Phi) is 6.81. The van der Waals surface area contributed by atoms with Gasteiger partial charge >= 0.3 is 6.36 Å². The molecule has 0 spiro atoms. The molecule has 2 heterocycles. The van der Waals surface area contributed by atoms with Gasteiger partial charge in [0, 0.05) is 17.5 Å². The lowest BCUT2D eigenvalue weighted by Gasteiger charge is -2.29. The first-order chi connectivity index (χ1) is 15.2. The summed E-state index contributed by atoms with van der Waals surface area (Å²) in [5.41, 5.74) is 0.751. The molecule has 0 saturated heterocycles. The van der Waals surface area contributed by atoms with E-state index in [-0.39, 0.29) is 23.4 Å². The van der Waals surface area contributed by atoms with E-state index in [0.717, 1.165) is 12.1 Å². The monoisotopic (exact) mass is 448 g/mol. The summed E-state index contributed by atoms with van der Waals surface area (Å²) >= 11 is 0. The fraction of sp³-hybridized carbons (Fsp3) is 0.364. The number of hydrogen-bond acceptors (Lipinski definition) is 6. The van der Waals surface area contributed by atoms with Gasteiger partial charge in [-0.2, -0.15) is 4.98 Å². The molecule has 7 nitrogen and oxygen atoms in total. The minimum Gasteiger partial charge on any atom is -0.406 e. The highest BCUT2D eigenvalue weighted by Gasteiger charge is 2.38. The van der Waals surface area contributed by atoms with Crippen LogP contribution in [0.3, 0.4) is 0 Å². The second kappa shape index (κ2) is 9.37. The number of rotatable bonds is 8. The van der Waals surface area contributed by atoms with E-state index < -0.39 is 11.9 Å². The third-order valence-electron chi connectivity index (χ3n) is 4.99. The number of carbonyl (C=O) groups is 1. The van der Waals surface area contributed by atoms with Gasteiger partial charge in [-0.3, -0.25) is 9.78 Å². The fourth-order valence-electron chi connectivity index (χ4n) is 3.30. The van der Waals surface area contributed by atoms with Crippen LogP contribution in [0.25, 0.3) is 11.4 Å². The average Bonchev–Trinajstić information content (AvgIpc) is 3.24. The van der Waals surface area contributed by atoms with Crippen molar-refractivity contribution in [3.8, 4) is 17.1 Å². The third kappa shape index (κ3) is 5.43. The number of nitrogens with one attached hydrogen (secondary N) is 1. The molecule has 0 radical (unpaired) electrons. The minimum absolute atomic E-state index is 0.193. The van der Waals surface area contributed by atoms with Crippen molar-refractivity contribution in [3.63, 3.8) is 0 Å². The van der Waals surface area contributed by atoms with Crippen LogP contribution >= 0.6 is 0 Å². The molecule has 2 aromatic heterocycles. The highest BCUT2D eigenvalue weighted by Crippen LogP contribution is 2.32. The summed E-state index contributed by atoms with van der Waals surface area (Å²) in [6.45, 7) is 5.70. The molecule has 32 heavy (non-hydrogen) atoms. The molecule has 0 bridgehead atoms. The van der Waals surface area contributed by atoms with E-state index in [0.29, 0.717) is 24.0 Å². The lowest BCUT2D eigenvalue weighted by atomic mass is 9.89. The molecule has 1 aromatic carbocycles. The first kappa shape index (κ1) is 23.2. The summed E-state index contributed by atoms with van der Waals surface area (Å²) in [5, 5.41) is 6.98. The van der Waals surface area contributed by atoms with E-state index >= 15 is 0 Å². The van der Waals surface area contributed by atoms with Crippen molar-refractivity contribution >= 4 is 5.91 Å². The molecule has 1 amide bonds. The SMILES string of the molecule is CCCC(CC)(NC(=O)c1ccc(C)nc1)c1nc(-c2ccc(OC(F)(F)F)cc2)no1. The molecule has 3 aromatic rings. The molecule has 1 N–H and O–H groups in total.